The summed E-state index contributed by atoms with van der Waals surface area (Å²) in [4.78, 5) is 16.1. The molecule has 0 saturated carbocycles. The number of carbonyl (C=O) groups excluding carboxylic acids is 1. The van der Waals surface area contributed by atoms with Crippen LogP contribution in [0.25, 0.3) is 15.8 Å². The molecule has 8 nitrogen and oxygen atoms in total. The van der Waals surface area contributed by atoms with Crippen LogP contribution in [0, 0.1) is 17.1 Å². The van der Waals surface area contributed by atoms with Gasteiger partial charge in [-0.15, -0.1) is 11.3 Å². The zero-order chi connectivity index (χ0) is 24.2. The Hall–Kier alpha value is -3.33. The molecule has 172 valence electrons. The predicted octanol–water partition coefficient (Wildman–Crippen LogP) is 4.12. The number of allylic oxidation sites excluding steroid dienone is 1. The minimum atomic E-state index is -4.14. The summed E-state index contributed by atoms with van der Waals surface area (Å²) in [5.41, 5.74) is 0.296. The van der Waals surface area contributed by atoms with Crippen molar-refractivity contribution in [1.29, 1.82) is 5.26 Å². The molecule has 0 aliphatic heterocycles. The van der Waals surface area contributed by atoms with E-state index in [0.717, 1.165) is 27.2 Å². The highest BCUT2D eigenvalue weighted by Crippen LogP contribution is 2.28. The molecule has 0 aliphatic rings. The number of aliphatic hydroxyl groups is 1. The fraction of sp³-hybridized carbons (Fsp3) is 0.227. The van der Waals surface area contributed by atoms with E-state index in [1.165, 1.54) is 11.3 Å². The summed E-state index contributed by atoms with van der Waals surface area (Å²) in [6, 6.07) is 11.9. The second-order valence-electron chi connectivity index (χ2n) is 6.73. The minimum absolute atomic E-state index is 0.133. The van der Waals surface area contributed by atoms with Crippen LogP contribution in [0.4, 0.5) is 4.39 Å². The van der Waals surface area contributed by atoms with Gasteiger partial charge in [-0.25, -0.2) is 22.6 Å². The summed E-state index contributed by atoms with van der Waals surface area (Å²) in [6.45, 7) is 2.85. The molecule has 33 heavy (non-hydrogen) atoms. The number of rotatable bonds is 8. The first-order valence-corrected chi connectivity index (χ1v) is 12.1. The molecule has 11 heteroatoms. The van der Waals surface area contributed by atoms with Crippen molar-refractivity contribution in [1.82, 2.24) is 9.29 Å². The highest BCUT2D eigenvalue weighted by atomic mass is 32.2. The molecule has 2 aromatic carbocycles. The van der Waals surface area contributed by atoms with Gasteiger partial charge in [0.1, 0.15) is 34.0 Å². The number of esters is 1. The maximum absolute atomic E-state index is 14.3. The van der Waals surface area contributed by atoms with E-state index in [-0.39, 0.29) is 29.2 Å². The van der Waals surface area contributed by atoms with Crippen molar-refractivity contribution in [3.63, 3.8) is 0 Å². The Morgan fingerprint density at radius 3 is 2.58 bits per heavy atom. The largest absolute Gasteiger partial charge is 0.507 e. The molecule has 0 fully saturated rings. The average Bonchev–Trinajstić information content (AvgIpc) is 3.22. The van der Waals surface area contributed by atoms with Crippen molar-refractivity contribution >= 4 is 43.1 Å². The maximum atomic E-state index is 14.3. The third-order valence-electron chi connectivity index (χ3n) is 4.74. The van der Waals surface area contributed by atoms with Crippen molar-refractivity contribution in [3.05, 3.63) is 64.6 Å². The lowest BCUT2D eigenvalue weighted by Gasteiger charge is -2.19. The number of aromatic nitrogens is 1. The van der Waals surface area contributed by atoms with E-state index >= 15 is 0 Å². The van der Waals surface area contributed by atoms with E-state index in [9.17, 15) is 28.0 Å². The van der Waals surface area contributed by atoms with Crippen LogP contribution in [0.5, 0.6) is 0 Å². The number of carbonyl (C=O) groups is 1. The van der Waals surface area contributed by atoms with Crippen molar-refractivity contribution in [2.45, 2.75) is 18.7 Å². The number of aliphatic hydroxyl groups excluding tert-OH is 1. The summed E-state index contributed by atoms with van der Waals surface area (Å²) < 4.78 is 46.5. The monoisotopic (exact) mass is 489 g/mol. The molecule has 1 aromatic heterocycles. The number of thiazole rings is 1. The Morgan fingerprint density at radius 2 is 1.94 bits per heavy atom. The van der Waals surface area contributed by atoms with Crippen LogP contribution in [-0.4, -0.2) is 48.5 Å². The molecular formula is C22H20FN3O5S2. The summed E-state index contributed by atoms with van der Waals surface area (Å²) in [6.07, 6.45) is 0. The molecule has 0 bridgehead atoms. The van der Waals surface area contributed by atoms with Gasteiger partial charge in [-0.3, -0.25) is 0 Å². The Morgan fingerprint density at radius 1 is 1.24 bits per heavy atom. The van der Waals surface area contributed by atoms with Gasteiger partial charge in [0.05, 0.1) is 15.8 Å². The molecule has 3 rings (SSSR count). The number of sulfonamides is 1. The van der Waals surface area contributed by atoms with Crippen LogP contribution in [0.2, 0.25) is 0 Å². The molecule has 1 N–H and O–H groups in total. The van der Waals surface area contributed by atoms with Gasteiger partial charge in [0.15, 0.2) is 5.76 Å². The number of benzene rings is 2. The summed E-state index contributed by atoms with van der Waals surface area (Å²) in [5, 5.41) is 20.1. The smallest absolute Gasteiger partial charge is 0.338 e. The lowest BCUT2D eigenvalue weighted by atomic mass is 10.2. The van der Waals surface area contributed by atoms with Gasteiger partial charge in [0, 0.05) is 13.1 Å². The Bertz CT molecular complexity index is 1340. The average molecular weight is 490 g/mol. The van der Waals surface area contributed by atoms with Gasteiger partial charge < -0.3 is 9.84 Å². The third kappa shape index (κ3) is 5.03. The fourth-order valence-corrected chi connectivity index (χ4v) is 5.57. The van der Waals surface area contributed by atoms with E-state index in [4.69, 9.17) is 4.74 Å². The van der Waals surface area contributed by atoms with Crippen LogP contribution < -0.4 is 0 Å². The van der Waals surface area contributed by atoms with Crippen LogP contribution in [0.1, 0.15) is 29.2 Å². The molecule has 0 radical (unpaired) electrons. The van der Waals surface area contributed by atoms with Crippen molar-refractivity contribution in [2.24, 2.45) is 0 Å². The number of hydrogen-bond acceptors (Lipinski definition) is 8. The predicted molar refractivity (Wildman–Crippen MR) is 122 cm³/mol. The number of fused-ring (bicyclic) bond motifs is 1. The van der Waals surface area contributed by atoms with Gasteiger partial charge in [-0.05, 0) is 30.3 Å². The normalized spacial score (nSPS) is 12.5. The van der Waals surface area contributed by atoms with Crippen molar-refractivity contribution < 1.29 is 27.4 Å². The number of nitrogens with zero attached hydrogens (tertiary/aromatic N) is 3. The quantitative estimate of drug-likeness (QED) is 0.287. The Balaban J connectivity index is 1.83. The van der Waals surface area contributed by atoms with Crippen LogP contribution in [0.15, 0.2) is 53.1 Å². The molecule has 0 atom stereocenters. The maximum Gasteiger partial charge on any atom is 0.338 e. The van der Waals surface area contributed by atoms with E-state index < -0.39 is 39.1 Å². The van der Waals surface area contributed by atoms with Crippen molar-refractivity contribution in [3.8, 4) is 6.07 Å². The Kier molecular flexibility index (Phi) is 7.43. The van der Waals surface area contributed by atoms with Crippen LogP contribution in [-0.2, 0) is 14.8 Å². The highest BCUT2D eigenvalue weighted by molar-refractivity contribution is 7.89. The number of para-hydroxylation sites is 1. The second kappa shape index (κ2) is 10.1. The third-order valence-corrected chi connectivity index (χ3v) is 7.86. The van der Waals surface area contributed by atoms with Crippen LogP contribution in [0.3, 0.4) is 0 Å². The number of halogens is 1. The first-order chi connectivity index (χ1) is 15.7. The van der Waals surface area contributed by atoms with E-state index in [0.29, 0.717) is 5.52 Å². The standard InChI is InChI=1S/C22H20FN3O5S2/c1-3-26(4-2)33(29,30)20-11-14(9-10-16(20)23)22(28)31-13-18(27)15(12-24)21-25-17-7-5-6-8-19(17)32-21/h5-11,27H,3-4,13H2,1-2H3/b18-15-. The molecular weight excluding hydrogens is 469 g/mol. The minimum Gasteiger partial charge on any atom is -0.507 e. The zero-order valence-corrected chi connectivity index (χ0v) is 19.4. The van der Waals surface area contributed by atoms with Gasteiger partial charge >= 0.3 is 5.97 Å². The number of nitriles is 1. The van der Waals surface area contributed by atoms with E-state index in [1.807, 2.05) is 18.2 Å². The molecule has 1 heterocycles. The summed E-state index contributed by atoms with van der Waals surface area (Å²) in [7, 11) is -4.14. The number of ether oxygens (including phenoxy) is 1. The molecule has 0 amide bonds. The lowest BCUT2D eigenvalue weighted by molar-refractivity contribution is 0.0502. The molecule has 0 saturated heterocycles. The number of hydrogen-bond donors (Lipinski definition) is 1. The van der Waals surface area contributed by atoms with Gasteiger partial charge in [-0.1, -0.05) is 26.0 Å². The topological polar surface area (TPSA) is 121 Å². The fourth-order valence-electron chi connectivity index (χ4n) is 3.03. The second-order valence-corrected chi connectivity index (χ2v) is 9.67. The van der Waals surface area contributed by atoms with Gasteiger partial charge in [0.25, 0.3) is 0 Å². The summed E-state index contributed by atoms with van der Waals surface area (Å²) in [5.74, 6) is -2.49. The van der Waals surface area contributed by atoms with Crippen molar-refractivity contribution in [2.75, 3.05) is 19.7 Å². The SMILES string of the molecule is CCN(CC)S(=O)(=O)c1cc(C(=O)OC/C(O)=C(\C#N)c2nc3ccccc3s2)ccc1F. The first-order valence-electron chi connectivity index (χ1n) is 9.87. The highest BCUT2D eigenvalue weighted by Gasteiger charge is 2.27. The van der Waals surface area contributed by atoms with Gasteiger partial charge in [0.2, 0.25) is 10.0 Å². The molecule has 0 aliphatic carbocycles. The van der Waals surface area contributed by atoms with E-state index in [2.05, 4.69) is 4.98 Å². The molecule has 0 spiro atoms. The summed E-state index contributed by atoms with van der Waals surface area (Å²) >= 11 is 1.20. The Labute approximate surface area is 194 Å². The van der Waals surface area contributed by atoms with Crippen LogP contribution >= 0.6 is 11.3 Å². The van der Waals surface area contributed by atoms with Gasteiger partial charge in [-0.2, -0.15) is 9.57 Å². The molecule has 0 unspecified atom stereocenters. The first kappa shape index (κ1) is 24.3. The molecule has 3 aromatic rings. The zero-order valence-electron chi connectivity index (χ0n) is 17.8. The lowest BCUT2D eigenvalue weighted by Crippen LogP contribution is -2.31. The van der Waals surface area contributed by atoms with E-state index in [1.54, 1.807) is 26.0 Å².